The topological polar surface area (TPSA) is 99.2 Å². The van der Waals surface area contributed by atoms with Gasteiger partial charge < -0.3 is 14.2 Å². The first-order valence-corrected chi connectivity index (χ1v) is 11.4. The highest BCUT2D eigenvalue weighted by Gasteiger charge is 2.36. The third-order valence-corrected chi connectivity index (χ3v) is 6.25. The number of carbonyl (C=O) groups is 2. The monoisotopic (exact) mass is 479 g/mol. The second-order valence-corrected chi connectivity index (χ2v) is 9.95. The van der Waals surface area contributed by atoms with E-state index >= 15 is 0 Å². The van der Waals surface area contributed by atoms with E-state index in [2.05, 4.69) is 0 Å². The van der Waals surface area contributed by atoms with Gasteiger partial charge >= 0.3 is 5.97 Å². The van der Waals surface area contributed by atoms with Crippen molar-refractivity contribution in [2.24, 2.45) is 0 Å². The van der Waals surface area contributed by atoms with Crippen LogP contribution in [0.5, 0.6) is 0 Å². The Bertz CT molecular complexity index is 1170. The fourth-order valence-electron chi connectivity index (χ4n) is 2.95. The van der Waals surface area contributed by atoms with E-state index in [0.29, 0.717) is 0 Å². The van der Waals surface area contributed by atoms with E-state index in [1.54, 1.807) is 32.9 Å². The molecule has 0 radical (unpaired) electrons. The molecule has 0 saturated carbocycles. The Morgan fingerprint density at radius 2 is 1.75 bits per heavy atom. The minimum Gasteiger partial charge on any atom is -0.460 e. The van der Waals surface area contributed by atoms with Gasteiger partial charge in [0.05, 0.1) is 15.6 Å². The Morgan fingerprint density at radius 1 is 1.09 bits per heavy atom. The Labute approximate surface area is 191 Å². The van der Waals surface area contributed by atoms with Gasteiger partial charge in [-0.25, -0.2) is 8.42 Å². The quantitative estimate of drug-likeness (QED) is 0.332. The van der Waals surface area contributed by atoms with Gasteiger partial charge in [-0.2, -0.15) is 4.31 Å². The third kappa shape index (κ3) is 5.23. The average Bonchev–Trinajstić information content (AvgIpc) is 3.22. The molecule has 0 N–H and O–H groups in total. The smallest absolute Gasteiger partial charge is 0.314 e. The highest BCUT2D eigenvalue weighted by atomic mass is 35.5. The number of rotatable bonds is 7. The van der Waals surface area contributed by atoms with E-state index in [9.17, 15) is 18.0 Å². The summed E-state index contributed by atoms with van der Waals surface area (Å²) in [6.07, 6.45) is 0.532. The highest BCUT2D eigenvalue weighted by Crippen LogP contribution is 2.36. The standard InChI is InChI=1S/C22H22ClNO7S/c1-22(2,3)31-21(26)12-18(25)15-8-4-7-11-19(15)32(27,28)24(20-13-29-14-30-20)17-10-6-5-9-16(17)23/h4-11,13H,12,14H2,1-3H3. The van der Waals surface area contributed by atoms with E-state index in [0.717, 1.165) is 10.6 Å². The molecule has 0 aromatic heterocycles. The summed E-state index contributed by atoms with van der Waals surface area (Å²) in [7, 11) is -4.40. The lowest BCUT2D eigenvalue weighted by Gasteiger charge is -2.25. The van der Waals surface area contributed by atoms with Crippen molar-refractivity contribution in [1.82, 2.24) is 0 Å². The van der Waals surface area contributed by atoms with Crippen molar-refractivity contribution in [3.05, 3.63) is 71.3 Å². The largest absolute Gasteiger partial charge is 0.460 e. The van der Waals surface area contributed by atoms with E-state index in [1.165, 1.54) is 36.4 Å². The molecule has 0 atom stereocenters. The van der Waals surface area contributed by atoms with Gasteiger partial charge in [-0.05, 0) is 39.0 Å². The van der Waals surface area contributed by atoms with Gasteiger partial charge in [0.2, 0.25) is 12.7 Å². The molecule has 0 saturated heterocycles. The molecule has 2 aromatic carbocycles. The van der Waals surface area contributed by atoms with Gasteiger partial charge in [0.25, 0.3) is 10.0 Å². The number of Topliss-reactive ketones (excluding diaryl/α,β-unsaturated/α-hetero) is 1. The van der Waals surface area contributed by atoms with Gasteiger partial charge in [0, 0.05) is 5.56 Å². The Balaban J connectivity index is 2.05. The average molecular weight is 480 g/mol. The molecule has 32 heavy (non-hydrogen) atoms. The van der Waals surface area contributed by atoms with Crippen molar-refractivity contribution in [1.29, 1.82) is 0 Å². The summed E-state index contributed by atoms with van der Waals surface area (Å²) in [5.41, 5.74) is -0.828. The highest BCUT2D eigenvalue weighted by molar-refractivity contribution is 7.93. The van der Waals surface area contributed by atoms with Crippen LogP contribution in [0.2, 0.25) is 5.02 Å². The zero-order valence-electron chi connectivity index (χ0n) is 17.7. The third-order valence-electron chi connectivity index (χ3n) is 4.16. The van der Waals surface area contributed by atoms with Crippen LogP contribution in [-0.4, -0.2) is 32.6 Å². The molecule has 0 spiro atoms. The number of para-hydroxylation sites is 1. The summed E-state index contributed by atoms with van der Waals surface area (Å²) in [6.45, 7) is 4.84. The van der Waals surface area contributed by atoms with E-state index in [1.807, 2.05) is 0 Å². The van der Waals surface area contributed by atoms with Crippen LogP contribution in [0, 0.1) is 0 Å². The zero-order chi connectivity index (χ0) is 23.5. The second-order valence-electron chi connectivity index (χ2n) is 7.79. The first kappa shape index (κ1) is 23.6. The lowest BCUT2D eigenvalue weighted by Crippen LogP contribution is -2.32. The van der Waals surface area contributed by atoms with Crippen LogP contribution in [0.4, 0.5) is 5.69 Å². The van der Waals surface area contributed by atoms with Crippen molar-refractivity contribution in [2.75, 3.05) is 11.1 Å². The summed E-state index contributed by atoms with van der Waals surface area (Å²) < 4.78 is 43.9. The molecule has 0 amide bonds. The maximum absolute atomic E-state index is 13.7. The van der Waals surface area contributed by atoms with Crippen LogP contribution < -0.4 is 4.31 Å². The van der Waals surface area contributed by atoms with E-state index in [4.69, 9.17) is 25.8 Å². The van der Waals surface area contributed by atoms with Crippen molar-refractivity contribution in [3.8, 4) is 0 Å². The number of nitrogens with zero attached hydrogens (tertiary/aromatic N) is 1. The molecule has 1 aliphatic rings. The summed E-state index contributed by atoms with van der Waals surface area (Å²) in [4.78, 5) is 24.7. The fourth-order valence-corrected chi connectivity index (χ4v) is 4.88. The summed E-state index contributed by atoms with van der Waals surface area (Å²) in [5, 5.41) is 0.144. The minimum absolute atomic E-state index is 0.111. The molecule has 0 aliphatic carbocycles. The van der Waals surface area contributed by atoms with Crippen molar-refractivity contribution in [2.45, 2.75) is 37.7 Å². The Kier molecular flexibility index (Phi) is 6.80. The second kappa shape index (κ2) is 9.22. The maximum atomic E-state index is 13.7. The number of ketones is 1. The molecule has 10 heteroatoms. The Morgan fingerprint density at radius 3 is 2.38 bits per heavy atom. The summed E-state index contributed by atoms with van der Waals surface area (Å²) in [5.74, 6) is -1.57. The lowest BCUT2D eigenvalue weighted by atomic mass is 10.1. The molecule has 3 rings (SSSR count). The number of hydrogen-bond donors (Lipinski definition) is 0. The molecule has 8 nitrogen and oxygen atoms in total. The van der Waals surface area contributed by atoms with Crippen molar-refractivity contribution >= 4 is 39.1 Å². The molecular weight excluding hydrogens is 458 g/mol. The number of benzene rings is 2. The zero-order valence-corrected chi connectivity index (χ0v) is 19.3. The van der Waals surface area contributed by atoms with Crippen LogP contribution in [0.25, 0.3) is 0 Å². The van der Waals surface area contributed by atoms with Gasteiger partial charge in [-0.15, -0.1) is 0 Å². The van der Waals surface area contributed by atoms with E-state index < -0.39 is 33.8 Å². The number of sulfonamides is 1. The van der Waals surface area contributed by atoms with Crippen LogP contribution in [0.1, 0.15) is 37.6 Å². The van der Waals surface area contributed by atoms with Gasteiger partial charge in [-0.3, -0.25) is 9.59 Å². The van der Waals surface area contributed by atoms with Crippen molar-refractivity contribution < 1.29 is 32.2 Å². The van der Waals surface area contributed by atoms with Gasteiger partial charge in [0.1, 0.15) is 18.3 Å². The molecule has 0 bridgehead atoms. The van der Waals surface area contributed by atoms with Crippen LogP contribution in [0.15, 0.2) is 65.6 Å². The molecule has 0 unspecified atom stereocenters. The van der Waals surface area contributed by atoms with Crippen LogP contribution in [-0.2, 0) is 29.0 Å². The Hall–Kier alpha value is -3.04. The number of halogens is 1. The molecular formula is C22H22ClNO7S. The van der Waals surface area contributed by atoms with Gasteiger partial charge in [0.15, 0.2) is 5.78 Å². The lowest BCUT2D eigenvalue weighted by molar-refractivity contribution is -0.153. The molecule has 0 fully saturated rings. The van der Waals surface area contributed by atoms with Crippen LogP contribution >= 0.6 is 11.6 Å². The number of esters is 1. The number of carbonyl (C=O) groups excluding carboxylic acids is 2. The number of anilines is 1. The normalized spacial score (nSPS) is 13.6. The first-order chi connectivity index (χ1) is 15.0. The van der Waals surface area contributed by atoms with Crippen LogP contribution in [0.3, 0.4) is 0 Å². The fraction of sp³-hybridized carbons (Fsp3) is 0.273. The molecule has 1 aliphatic heterocycles. The minimum atomic E-state index is -4.40. The SMILES string of the molecule is CC(C)(C)OC(=O)CC(=O)c1ccccc1S(=O)(=O)N(C1=COCO1)c1ccccc1Cl. The number of ether oxygens (including phenoxy) is 3. The van der Waals surface area contributed by atoms with E-state index in [-0.39, 0.29) is 33.8 Å². The first-order valence-electron chi connectivity index (χ1n) is 9.59. The predicted octanol–water partition coefficient (Wildman–Crippen LogP) is 4.25. The van der Waals surface area contributed by atoms with Crippen molar-refractivity contribution in [3.63, 3.8) is 0 Å². The molecule has 2 aromatic rings. The van der Waals surface area contributed by atoms with Gasteiger partial charge in [-0.1, -0.05) is 41.9 Å². The molecule has 170 valence electrons. The predicted molar refractivity (Wildman–Crippen MR) is 117 cm³/mol. The summed E-state index contributed by atoms with van der Waals surface area (Å²) in [6, 6.07) is 11.9. The molecule has 1 heterocycles. The maximum Gasteiger partial charge on any atom is 0.314 e. The number of hydrogen-bond acceptors (Lipinski definition) is 7. The summed E-state index contributed by atoms with van der Waals surface area (Å²) >= 11 is 6.27.